The molecular formula is C19H24ClN3O5S. The maximum Gasteiger partial charge on any atom is 0.286 e. The number of piperidine rings is 1. The summed E-state index contributed by atoms with van der Waals surface area (Å²) in [4.78, 5) is 6.14. The average Bonchev–Trinajstić information content (AvgIpc) is 2.74. The van der Waals surface area contributed by atoms with Crippen LogP contribution in [0.5, 0.6) is 5.75 Å². The van der Waals surface area contributed by atoms with Crippen LogP contribution in [0.15, 0.2) is 41.4 Å². The van der Waals surface area contributed by atoms with Crippen LogP contribution in [0.2, 0.25) is 5.02 Å². The third-order valence-electron chi connectivity index (χ3n) is 4.75. The monoisotopic (exact) mass is 441 g/mol. The number of anilines is 2. The SMILES string of the molecule is CCOC1CCN(c2ncc(Cl)cc2N(O)S(=O)(=O)c2ccc(OC)cc2)CC1. The predicted molar refractivity (Wildman–Crippen MR) is 111 cm³/mol. The van der Waals surface area contributed by atoms with E-state index in [1.165, 1.54) is 43.6 Å². The lowest BCUT2D eigenvalue weighted by atomic mass is 10.1. The average molecular weight is 442 g/mol. The maximum atomic E-state index is 12.9. The zero-order valence-electron chi connectivity index (χ0n) is 16.3. The van der Waals surface area contributed by atoms with E-state index < -0.39 is 10.0 Å². The van der Waals surface area contributed by atoms with Crippen LogP contribution in [0.1, 0.15) is 19.8 Å². The normalized spacial score (nSPS) is 15.4. The molecule has 1 aliphatic heterocycles. The number of halogens is 1. The van der Waals surface area contributed by atoms with Crippen molar-refractivity contribution in [1.82, 2.24) is 4.98 Å². The van der Waals surface area contributed by atoms with E-state index in [9.17, 15) is 13.6 Å². The van der Waals surface area contributed by atoms with Gasteiger partial charge in [0.15, 0.2) is 5.82 Å². The van der Waals surface area contributed by atoms with Crippen LogP contribution in [0.25, 0.3) is 0 Å². The molecule has 1 N–H and O–H groups in total. The molecule has 2 aromatic rings. The van der Waals surface area contributed by atoms with E-state index in [1.54, 1.807) is 0 Å². The van der Waals surface area contributed by atoms with Crippen LogP contribution < -0.4 is 14.1 Å². The number of hydrogen-bond acceptors (Lipinski definition) is 7. The third kappa shape index (κ3) is 4.75. The van der Waals surface area contributed by atoms with Crippen LogP contribution >= 0.6 is 11.6 Å². The van der Waals surface area contributed by atoms with E-state index in [-0.39, 0.29) is 26.2 Å². The van der Waals surface area contributed by atoms with Crippen LogP contribution in [0, 0.1) is 0 Å². The van der Waals surface area contributed by atoms with Gasteiger partial charge in [0.1, 0.15) is 11.4 Å². The fourth-order valence-corrected chi connectivity index (χ4v) is 4.48. The first-order chi connectivity index (χ1) is 13.9. The summed E-state index contributed by atoms with van der Waals surface area (Å²) in [6.07, 6.45) is 3.17. The first-order valence-corrected chi connectivity index (χ1v) is 11.1. The van der Waals surface area contributed by atoms with Crippen molar-refractivity contribution in [3.8, 4) is 5.75 Å². The highest BCUT2D eigenvalue weighted by atomic mass is 35.5. The highest BCUT2D eigenvalue weighted by molar-refractivity contribution is 7.92. The number of rotatable bonds is 7. The van der Waals surface area contributed by atoms with Crippen LogP contribution in [0.4, 0.5) is 11.5 Å². The number of nitrogens with zero attached hydrogens (tertiary/aromatic N) is 3. The molecule has 0 bridgehead atoms. The van der Waals surface area contributed by atoms with Gasteiger partial charge in [-0.3, -0.25) is 5.21 Å². The van der Waals surface area contributed by atoms with Crippen molar-refractivity contribution >= 4 is 33.1 Å². The second kappa shape index (κ2) is 9.17. The Bertz CT molecular complexity index is 931. The molecule has 1 fully saturated rings. The van der Waals surface area contributed by atoms with E-state index in [0.717, 1.165) is 12.8 Å². The van der Waals surface area contributed by atoms with Crippen molar-refractivity contribution in [2.75, 3.05) is 36.2 Å². The quantitative estimate of drug-likeness (QED) is 0.658. The Morgan fingerprint density at radius 3 is 2.52 bits per heavy atom. The number of hydrogen-bond donors (Lipinski definition) is 1. The van der Waals surface area contributed by atoms with Gasteiger partial charge in [-0.1, -0.05) is 11.6 Å². The second-order valence-electron chi connectivity index (χ2n) is 6.56. The van der Waals surface area contributed by atoms with Gasteiger partial charge in [-0.25, -0.2) is 4.98 Å². The molecule has 8 nitrogen and oxygen atoms in total. The lowest BCUT2D eigenvalue weighted by molar-refractivity contribution is 0.0458. The molecule has 158 valence electrons. The Hall–Kier alpha value is -2.07. The summed E-state index contributed by atoms with van der Waals surface area (Å²) >= 11 is 6.05. The van der Waals surface area contributed by atoms with E-state index >= 15 is 0 Å². The Morgan fingerprint density at radius 1 is 1.28 bits per heavy atom. The number of methoxy groups -OCH3 is 1. The van der Waals surface area contributed by atoms with Gasteiger partial charge < -0.3 is 14.4 Å². The molecule has 3 rings (SSSR count). The summed E-state index contributed by atoms with van der Waals surface area (Å²) in [6.45, 7) is 3.87. The van der Waals surface area contributed by atoms with Gasteiger partial charge in [0.2, 0.25) is 0 Å². The molecule has 1 aromatic carbocycles. The number of pyridine rings is 1. The van der Waals surface area contributed by atoms with E-state index in [1.807, 2.05) is 11.8 Å². The lowest BCUT2D eigenvalue weighted by Crippen LogP contribution is -2.39. The summed E-state index contributed by atoms with van der Waals surface area (Å²) in [7, 11) is -2.74. The zero-order valence-corrected chi connectivity index (χ0v) is 17.9. The minimum atomic E-state index is -4.23. The molecule has 0 atom stereocenters. The fourth-order valence-electron chi connectivity index (χ4n) is 3.25. The molecular weight excluding hydrogens is 418 g/mol. The van der Waals surface area contributed by atoms with E-state index in [0.29, 0.717) is 31.3 Å². The molecule has 0 unspecified atom stereocenters. The van der Waals surface area contributed by atoms with Crippen molar-refractivity contribution in [3.05, 3.63) is 41.6 Å². The Morgan fingerprint density at radius 2 is 1.93 bits per heavy atom. The van der Waals surface area contributed by atoms with Gasteiger partial charge in [0.25, 0.3) is 10.0 Å². The molecule has 0 radical (unpaired) electrons. The largest absolute Gasteiger partial charge is 0.497 e. The third-order valence-corrected chi connectivity index (χ3v) is 6.48. The standard InChI is InChI=1S/C19H24ClN3O5S/c1-3-28-16-8-10-22(11-9-16)19-18(12-14(20)13-21-19)23(24)29(25,26)17-6-4-15(27-2)5-7-17/h4-7,12-13,16,24H,3,8-11H2,1-2H3. The summed E-state index contributed by atoms with van der Waals surface area (Å²) in [5.41, 5.74) is 0.00294. The lowest BCUT2D eigenvalue weighted by Gasteiger charge is -2.34. The fraction of sp³-hybridized carbons (Fsp3) is 0.421. The summed E-state index contributed by atoms with van der Waals surface area (Å²) in [5, 5.41) is 10.9. The van der Waals surface area contributed by atoms with Gasteiger partial charge in [-0.05, 0) is 50.1 Å². The predicted octanol–water partition coefficient (Wildman–Crippen LogP) is 3.33. The molecule has 1 aliphatic rings. The van der Waals surface area contributed by atoms with Gasteiger partial charge in [-0.2, -0.15) is 8.42 Å². The molecule has 0 saturated carbocycles. The minimum Gasteiger partial charge on any atom is -0.497 e. The van der Waals surface area contributed by atoms with Gasteiger partial charge in [0.05, 0.1) is 23.1 Å². The minimum absolute atomic E-state index is 0.00294. The first kappa shape index (κ1) is 21.6. The topological polar surface area (TPSA) is 92.2 Å². The van der Waals surface area contributed by atoms with Crippen molar-refractivity contribution in [2.45, 2.75) is 30.8 Å². The Kier molecular flexibility index (Phi) is 6.84. The van der Waals surface area contributed by atoms with E-state index in [4.69, 9.17) is 21.1 Å². The molecule has 0 spiro atoms. The van der Waals surface area contributed by atoms with E-state index in [2.05, 4.69) is 4.98 Å². The van der Waals surface area contributed by atoms with Gasteiger partial charge in [-0.15, -0.1) is 4.47 Å². The molecule has 29 heavy (non-hydrogen) atoms. The smallest absolute Gasteiger partial charge is 0.286 e. The molecule has 2 heterocycles. The number of sulfonamides is 1. The number of aromatic nitrogens is 1. The summed E-state index contributed by atoms with van der Waals surface area (Å²) < 4.78 is 36.8. The number of benzene rings is 1. The van der Waals surface area contributed by atoms with Crippen LogP contribution in [-0.4, -0.2) is 51.5 Å². The zero-order chi connectivity index (χ0) is 21.0. The van der Waals surface area contributed by atoms with Crippen molar-refractivity contribution in [3.63, 3.8) is 0 Å². The van der Waals surface area contributed by atoms with Crippen LogP contribution in [0.3, 0.4) is 0 Å². The second-order valence-corrected chi connectivity index (χ2v) is 8.77. The van der Waals surface area contributed by atoms with Gasteiger partial charge >= 0.3 is 0 Å². The molecule has 10 heteroatoms. The summed E-state index contributed by atoms with van der Waals surface area (Å²) in [6, 6.07) is 7.14. The van der Waals surface area contributed by atoms with Gasteiger partial charge in [0, 0.05) is 25.9 Å². The molecule has 1 aromatic heterocycles. The van der Waals surface area contributed by atoms with Crippen molar-refractivity contribution in [1.29, 1.82) is 0 Å². The Labute approximate surface area is 175 Å². The molecule has 0 amide bonds. The first-order valence-electron chi connectivity index (χ1n) is 9.27. The Balaban J connectivity index is 1.90. The van der Waals surface area contributed by atoms with Crippen molar-refractivity contribution < 1.29 is 23.1 Å². The highest BCUT2D eigenvalue weighted by Gasteiger charge is 2.30. The van der Waals surface area contributed by atoms with Crippen LogP contribution in [-0.2, 0) is 14.8 Å². The highest BCUT2D eigenvalue weighted by Crippen LogP contribution is 2.34. The maximum absolute atomic E-state index is 12.9. The number of ether oxygens (including phenoxy) is 2. The molecule has 1 saturated heterocycles. The molecule has 0 aliphatic carbocycles. The van der Waals surface area contributed by atoms with Crippen molar-refractivity contribution in [2.24, 2.45) is 0 Å². The summed E-state index contributed by atoms with van der Waals surface area (Å²) in [5.74, 6) is 0.861.